The van der Waals surface area contributed by atoms with Crippen molar-refractivity contribution in [2.75, 3.05) is 53.3 Å². The number of carbonyl (C=O) groups is 9. The van der Waals surface area contributed by atoms with Gasteiger partial charge in [0.25, 0.3) is 35.4 Å². The summed E-state index contributed by atoms with van der Waals surface area (Å²) in [5.74, 6) is -5.17. The van der Waals surface area contributed by atoms with E-state index in [9.17, 15) is 43.2 Å². The van der Waals surface area contributed by atoms with Gasteiger partial charge in [-0.25, -0.2) is 29.9 Å². The first-order valence-corrected chi connectivity index (χ1v) is 20.9. The second-order valence-corrected chi connectivity index (χ2v) is 15.2. The molecule has 0 atom stereocenters. The van der Waals surface area contributed by atoms with Crippen LogP contribution in [-0.4, -0.2) is 137 Å². The lowest BCUT2D eigenvalue weighted by molar-refractivity contribution is -0.140. The quantitative estimate of drug-likeness (QED) is 0.0410. The molecule has 0 aliphatic rings. The predicted octanol–water partition coefficient (Wildman–Crippen LogP) is -1.35. The molecule has 6 heterocycles. The molecule has 0 aliphatic carbocycles. The lowest BCUT2D eigenvalue weighted by atomic mass is 10.4. The molecule has 368 valence electrons. The highest BCUT2D eigenvalue weighted by Gasteiger charge is 2.23. The molecule has 30 heteroatoms. The number of hydrogen-bond acceptors (Lipinski definition) is 16. The molecule has 8 N–H and O–H groups in total. The van der Waals surface area contributed by atoms with Crippen molar-refractivity contribution >= 4 is 82.3 Å². The largest absolute Gasteiger partial charge is 0.469 e. The zero-order valence-corrected chi connectivity index (χ0v) is 38.7. The third-order valence-corrected chi connectivity index (χ3v) is 9.80. The van der Waals surface area contributed by atoms with Gasteiger partial charge in [0.2, 0.25) is 40.9 Å². The number of ether oxygens (including phenoxy) is 1. The number of esters is 1. The van der Waals surface area contributed by atoms with Gasteiger partial charge >= 0.3 is 5.97 Å². The van der Waals surface area contributed by atoms with Crippen molar-refractivity contribution in [3.8, 4) is 0 Å². The smallest absolute Gasteiger partial charge is 0.307 e. The average molecular weight is 969 g/mol. The minimum absolute atomic E-state index is 0.00601. The molecule has 6 aromatic heterocycles. The maximum atomic E-state index is 13.2. The number of nitrogens with one attached hydrogen (secondary N) is 8. The third kappa shape index (κ3) is 12.5. The van der Waals surface area contributed by atoms with Crippen LogP contribution in [0.1, 0.15) is 83.0 Å². The van der Waals surface area contributed by atoms with E-state index in [0.717, 1.165) is 0 Å². The van der Waals surface area contributed by atoms with Crippen LogP contribution in [0, 0.1) is 0 Å². The number of nitrogens with zero attached hydrogens (tertiary/aromatic N) is 12. The van der Waals surface area contributed by atoms with E-state index in [-0.39, 0.29) is 103 Å². The molecule has 0 spiro atoms. The molecule has 8 amide bonds. The van der Waals surface area contributed by atoms with Gasteiger partial charge in [-0.2, -0.15) is 0 Å². The van der Waals surface area contributed by atoms with E-state index in [1.165, 1.54) is 92.8 Å². The van der Waals surface area contributed by atoms with E-state index in [1.807, 2.05) is 0 Å². The zero-order valence-electron chi connectivity index (χ0n) is 38.7. The summed E-state index contributed by atoms with van der Waals surface area (Å²) in [4.78, 5) is 138. The molecule has 0 unspecified atom stereocenters. The van der Waals surface area contributed by atoms with E-state index in [4.69, 9.17) is 0 Å². The number of aryl methyl sites for hydroxylation is 6. The monoisotopic (exact) mass is 968 g/mol. The number of imidazole rings is 6. The fourth-order valence-electron chi connectivity index (χ4n) is 6.40. The standard InChI is InChI=1S/C40H48N20O10/c1-55-15-14-41-29(55)38(67)52-23-18-56(2)30(49-23)35(64)42-11-8-26(61)45-21-16-59(5)33(47-21)39(68)53-24-19-57(3)31(50-24)36(65)43-12-9-27(62)46-22-17-60(6)34(48-22)40(69)54-25-20-58(4)32(51-25)37(66)44-13-10-28(63)70-7/h14-20H,8-13H2,1-7H3,(H,42,64)(H,43,65)(H,44,66)(H,45,61)(H,46,62)(H,52,67)(H,53,68)(H,54,69). The van der Waals surface area contributed by atoms with Gasteiger partial charge in [0.05, 0.1) is 13.5 Å². The summed E-state index contributed by atoms with van der Waals surface area (Å²) in [6.45, 7) is -0.170. The lowest BCUT2D eigenvalue weighted by Crippen LogP contribution is -2.29. The maximum Gasteiger partial charge on any atom is 0.307 e. The first-order chi connectivity index (χ1) is 33.3. The highest BCUT2D eigenvalue weighted by atomic mass is 16.5. The molecule has 0 fully saturated rings. The number of anilines is 5. The van der Waals surface area contributed by atoms with Crippen molar-refractivity contribution in [3.63, 3.8) is 0 Å². The molecular formula is C40H48N20O10. The fourth-order valence-corrected chi connectivity index (χ4v) is 6.40. The van der Waals surface area contributed by atoms with E-state index in [0.29, 0.717) is 0 Å². The molecule has 0 aromatic carbocycles. The summed E-state index contributed by atoms with van der Waals surface area (Å²) in [6, 6.07) is 0. The Morgan fingerprint density at radius 2 is 0.714 bits per heavy atom. The molecule has 6 aromatic rings. The molecule has 0 bridgehead atoms. The Bertz CT molecular complexity index is 3000. The topological polar surface area (TPSA) is 366 Å². The Kier molecular flexibility index (Phi) is 15.6. The van der Waals surface area contributed by atoms with Crippen molar-refractivity contribution in [2.45, 2.75) is 19.3 Å². The number of amides is 8. The average Bonchev–Trinajstić information content (AvgIpc) is 4.17. The first kappa shape index (κ1) is 49.9. The van der Waals surface area contributed by atoms with E-state index < -0.39 is 53.2 Å². The van der Waals surface area contributed by atoms with Gasteiger partial charge in [0, 0.05) is 118 Å². The van der Waals surface area contributed by atoms with Crippen molar-refractivity contribution < 1.29 is 47.9 Å². The summed E-state index contributed by atoms with van der Waals surface area (Å²) < 4.78 is 13.0. The van der Waals surface area contributed by atoms with Gasteiger partial charge in [-0.05, 0) is 0 Å². The second-order valence-electron chi connectivity index (χ2n) is 15.2. The van der Waals surface area contributed by atoms with Gasteiger partial charge < -0.3 is 74.7 Å². The SMILES string of the molecule is COC(=O)CCNC(=O)c1nc(NC(=O)c2nc(NC(=O)CCNC(=O)c3nc(NC(=O)c4nc(NC(=O)CCNC(=O)c5nc(NC(=O)c6nccn6C)cn5C)cn4C)cn3C)cn2C)cn1C. The van der Waals surface area contributed by atoms with E-state index in [1.54, 1.807) is 27.3 Å². The van der Waals surface area contributed by atoms with Gasteiger partial charge in [0.1, 0.15) is 0 Å². The normalized spacial score (nSPS) is 10.8. The lowest BCUT2D eigenvalue weighted by Gasteiger charge is -2.05. The Balaban J connectivity index is 0.914. The van der Waals surface area contributed by atoms with Crippen LogP contribution in [0.4, 0.5) is 29.1 Å². The number of rotatable bonds is 20. The molecule has 30 nitrogen and oxygen atoms in total. The van der Waals surface area contributed by atoms with Gasteiger partial charge in [-0.3, -0.25) is 43.2 Å². The molecule has 70 heavy (non-hydrogen) atoms. The summed E-state index contributed by atoms with van der Waals surface area (Å²) in [7, 11) is 10.6. The molecule has 6 rings (SSSR count). The van der Waals surface area contributed by atoms with Crippen LogP contribution in [0.2, 0.25) is 0 Å². The van der Waals surface area contributed by atoms with Gasteiger partial charge in [0.15, 0.2) is 34.9 Å². The van der Waals surface area contributed by atoms with Crippen molar-refractivity contribution in [2.24, 2.45) is 42.3 Å². The zero-order chi connectivity index (χ0) is 50.8. The summed E-state index contributed by atoms with van der Waals surface area (Å²) in [5.41, 5.74) is 0. The third-order valence-electron chi connectivity index (χ3n) is 9.80. The Morgan fingerprint density at radius 3 is 1.03 bits per heavy atom. The molecule has 0 saturated carbocycles. The molecule has 0 saturated heterocycles. The molecule has 0 radical (unpaired) electrons. The summed E-state index contributed by atoms with van der Waals surface area (Å²) in [5, 5.41) is 20.5. The van der Waals surface area contributed by atoms with E-state index >= 15 is 0 Å². The van der Waals surface area contributed by atoms with Crippen LogP contribution in [0.15, 0.2) is 43.4 Å². The minimum atomic E-state index is -0.710. The van der Waals surface area contributed by atoms with Crippen molar-refractivity contribution in [3.05, 3.63) is 78.3 Å². The minimum Gasteiger partial charge on any atom is -0.469 e. The number of hydrogen-bond donors (Lipinski definition) is 8. The van der Waals surface area contributed by atoms with Crippen LogP contribution in [-0.2, 0) is 61.4 Å². The van der Waals surface area contributed by atoms with Crippen LogP contribution >= 0.6 is 0 Å². The van der Waals surface area contributed by atoms with Crippen molar-refractivity contribution in [1.29, 1.82) is 0 Å². The van der Waals surface area contributed by atoms with Crippen LogP contribution < -0.4 is 42.5 Å². The summed E-state index contributed by atoms with van der Waals surface area (Å²) >= 11 is 0. The van der Waals surface area contributed by atoms with Crippen LogP contribution in [0.3, 0.4) is 0 Å². The number of aromatic nitrogens is 12. The van der Waals surface area contributed by atoms with Gasteiger partial charge in [-0.15, -0.1) is 0 Å². The number of methoxy groups -OCH3 is 1. The molecular weight excluding hydrogens is 921 g/mol. The van der Waals surface area contributed by atoms with Gasteiger partial charge in [-0.1, -0.05) is 0 Å². The Hall–Kier alpha value is -9.51. The predicted molar refractivity (Wildman–Crippen MR) is 243 cm³/mol. The summed E-state index contributed by atoms with van der Waals surface area (Å²) in [6.07, 6.45) is 9.76. The van der Waals surface area contributed by atoms with Crippen molar-refractivity contribution in [1.82, 2.24) is 73.3 Å². The highest BCUT2D eigenvalue weighted by Crippen LogP contribution is 2.15. The second kappa shape index (κ2) is 21.9. The number of carbonyl (C=O) groups excluding carboxylic acids is 9. The van der Waals surface area contributed by atoms with E-state index in [2.05, 4.69) is 77.2 Å². The Morgan fingerprint density at radius 1 is 0.414 bits per heavy atom. The fraction of sp³-hybridized carbons (Fsp3) is 0.325. The van der Waals surface area contributed by atoms with Crippen LogP contribution in [0.5, 0.6) is 0 Å². The first-order valence-electron chi connectivity index (χ1n) is 20.9. The Labute approximate surface area is 396 Å². The highest BCUT2D eigenvalue weighted by molar-refractivity contribution is 6.04. The van der Waals surface area contributed by atoms with Crippen LogP contribution in [0.25, 0.3) is 0 Å². The molecule has 0 aliphatic heterocycles. The maximum absolute atomic E-state index is 13.2.